The summed E-state index contributed by atoms with van der Waals surface area (Å²) in [4.78, 5) is 29.4. The molecule has 5 heteroatoms. The Hall–Kier alpha value is -2.01. The minimum Gasteiger partial charge on any atom is -0.454 e. The highest BCUT2D eigenvalue weighted by Gasteiger charge is 2.54. The number of carbonyl (C=O) groups is 2. The summed E-state index contributed by atoms with van der Waals surface area (Å²) in [7, 11) is 0. The molecular weight excluding hydrogens is 358 g/mol. The van der Waals surface area contributed by atoms with Crippen LogP contribution in [0.2, 0.25) is 0 Å². The van der Waals surface area contributed by atoms with Gasteiger partial charge in [-0.05, 0) is 74.5 Å². The molecule has 0 spiro atoms. The third-order valence-corrected chi connectivity index (χ3v) is 7.65. The number of rotatable bonds is 5. The number of hydrogen-bond acceptors (Lipinski definition) is 5. The third-order valence-electron chi connectivity index (χ3n) is 6.65. The van der Waals surface area contributed by atoms with Crippen LogP contribution in [0, 0.1) is 23.2 Å². The molecule has 4 fully saturated rings. The van der Waals surface area contributed by atoms with Gasteiger partial charge in [0.1, 0.15) is 5.01 Å². The molecule has 140 valence electrons. The maximum absolute atomic E-state index is 12.9. The van der Waals surface area contributed by atoms with Crippen LogP contribution in [-0.4, -0.2) is 23.3 Å². The molecule has 1 aromatic carbocycles. The van der Waals surface area contributed by atoms with E-state index >= 15 is 0 Å². The number of ether oxygens (including phenoxy) is 1. The Kier molecular flexibility index (Phi) is 4.15. The second kappa shape index (κ2) is 6.55. The van der Waals surface area contributed by atoms with Crippen LogP contribution in [0.4, 0.5) is 0 Å². The minimum atomic E-state index is -0.465. The zero-order valence-corrected chi connectivity index (χ0v) is 16.0. The van der Waals surface area contributed by atoms with Gasteiger partial charge in [-0.2, -0.15) is 0 Å². The van der Waals surface area contributed by atoms with Crippen LogP contribution in [0.15, 0.2) is 30.3 Å². The summed E-state index contributed by atoms with van der Waals surface area (Å²) < 4.78 is 6.38. The van der Waals surface area contributed by atoms with Crippen molar-refractivity contribution in [2.24, 2.45) is 23.2 Å². The largest absolute Gasteiger partial charge is 0.454 e. The molecule has 4 nitrogen and oxygen atoms in total. The van der Waals surface area contributed by atoms with Crippen LogP contribution in [0.5, 0.6) is 0 Å². The van der Waals surface area contributed by atoms with Gasteiger partial charge in [0, 0.05) is 11.5 Å². The predicted octanol–water partition coefficient (Wildman–Crippen LogP) is 4.64. The molecule has 0 radical (unpaired) electrons. The van der Waals surface area contributed by atoms with E-state index in [-0.39, 0.29) is 17.8 Å². The first-order valence-corrected chi connectivity index (χ1v) is 10.6. The number of fused-ring (bicyclic) bond motifs is 1. The summed E-state index contributed by atoms with van der Waals surface area (Å²) in [6.45, 7) is -0.0881. The van der Waals surface area contributed by atoms with Crippen molar-refractivity contribution in [1.29, 1.82) is 0 Å². The lowest BCUT2D eigenvalue weighted by Crippen LogP contribution is -2.51. The SMILES string of the molecule is O=C(/C=C/c1nc2ccccc2s1)OCC(=O)C12CC3CC(CC(C3)C1)C2. The second-order valence-corrected chi connectivity index (χ2v) is 9.64. The number of para-hydroxylation sites is 1. The number of ketones is 1. The molecule has 4 saturated carbocycles. The van der Waals surface area contributed by atoms with Crippen molar-refractivity contribution in [1.82, 2.24) is 4.98 Å². The van der Waals surface area contributed by atoms with E-state index < -0.39 is 5.97 Å². The van der Waals surface area contributed by atoms with Gasteiger partial charge in [0.2, 0.25) is 0 Å². The molecular formula is C22H23NO3S. The highest BCUT2D eigenvalue weighted by atomic mass is 32.1. The average Bonchev–Trinajstić information content (AvgIpc) is 3.06. The average molecular weight is 381 g/mol. The Morgan fingerprint density at radius 2 is 1.78 bits per heavy atom. The summed E-state index contributed by atoms with van der Waals surface area (Å²) in [5.74, 6) is 1.83. The van der Waals surface area contributed by atoms with Gasteiger partial charge in [-0.3, -0.25) is 4.79 Å². The molecule has 4 aliphatic carbocycles. The van der Waals surface area contributed by atoms with E-state index in [9.17, 15) is 9.59 Å². The van der Waals surface area contributed by atoms with E-state index in [0.29, 0.717) is 0 Å². The standard InChI is InChI=1S/C22H23NO3S/c24-19(22-10-14-7-15(11-22)9-16(8-14)12-22)13-26-21(25)6-5-20-23-17-3-1-2-4-18(17)27-20/h1-6,14-16H,7-13H2/b6-5+. The minimum absolute atomic E-state index is 0.0881. The van der Waals surface area contributed by atoms with Crippen LogP contribution >= 0.6 is 11.3 Å². The molecule has 1 heterocycles. The predicted molar refractivity (Wildman–Crippen MR) is 105 cm³/mol. The molecule has 4 aliphatic rings. The van der Waals surface area contributed by atoms with Crippen molar-refractivity contribution in [3.63, 3.8) is 0 Å². The van der Waals surface area contributed by atoms with E-state index in [0.717, 1.165) is 52.2 Å². The Labute approximate surface area is 162 Å². The Morgan fingerprint density at radius 3 is 2.44 bits per heavy atom. The van der Waals surface area contributed by atoms with Gasteiger partial charge in [-0.25, -0.2) is 9.78 Å². The quantitative estimate of drug-likeness (QED) is 0.559. The molecule has 2 aromatic rings. The smallest absolute Gasteiger partial charge is 0.331 e. The Balaban J connectivity index is 1.20. The number of hydrogen-bond donors (Lipinski definition) is 0. The lowest BCUT2D eigenvalue weighted by molar-refractivity contribution is -0.155. The number of nitrogens with zero attached hydrogens (tertiary/aromatic N) is 1. The first-order chi connectivity index (χ1) is 13.1. The van der Waals surface area contributed by atoms with E-state index in [1.54, 1.807) is 6.08 Å². The number of Topliss-reactive ketones (excluding diaryl/α,β-unsaturated/α-hetero) is 1. The van der Waals surface area contributed by atoms with E-state index in [2.05, 4.69) is 4.98 Å². The van der Waals surface area contributed by atoms with Crippen LogP contribution < -0.4 is 0 Å². The number of benzene rings is 1. The molecule has 4 bridgehead atoms. The molecule has 0 saturated heterocycles. The molecule has 6 rings (SSSR count). The first kappa shape index (κ1) is 17.1. The van der Waals surface area contributed by atoms with Crippen molar-refractivity contribution in [2.75, 3.05) is 6.61 Å². The van der Waals surface area contributed by atoms with Crippen LogP contribution in [0.3, 0.4) is 0 Å². The first-order valence-electron chi connectivity index (χ1n) is 9.83. The number of thiazole rings is 1. The van der Waals surface area contributed by atoms with E-state index in [1.165, 1.54) is 36.7 Å². The fourth-order valence-corrected chi connectivity index (χ4v) is 6.76. The van der Waals surface area contributed by atoms with Crippen molar-refractivity contribution < 1.29 is 14.3 Å². The number of esters is 1. The second-order valence-electron chi connectivity index (χ2n) is 8.58. The summed E-state index contributed by atoms with van der Waals surface area (Å²) in [6, 6.07) is 7.87. The summed E-state index contributed by atoms with van der Waals surface area (Å²) in [5.41, 5.74) is 0.721. The molecule has 0 atom stereocenters. The van der Waals surface area contributed by atoms with Crippen LogP contribution in [0.1, 0.15) is 43.5 Å². The van der Waals surface area contributed by atoms with Crippen molar-refractivity contribution in [3.8, 4) is 0 Å². The normalized spacial score (nSPS) is 31.6. The molecule has 0 unspecified atom stereocenters. The van der Waals surface area contributed by atoms with E-state index in [1.807, 2.05) is 24.3 Å². The van der Waals surface area contributed by atoms with E-state index in [4.69, 9.17) is 4.74 Å². The highest BCUT2D eigenvalue weighted by molar-refractivity contribution is 7.19. The van der Waals surface area contributed by atoms with Gasteiger partial charge in [-0.15, -0.1) is 11.3 Å². The summed E-state index contributed by atoms with van der Waals surface area (Å²) in [6.07, 6.45) is 9.99. The summed E-state index contributed by atoms with van der Waals surface area (Å²) >= 11 is 1.53. The van der Waals surface area contributed by atoms with Crippen molar-refractivity contribution >= 4 is 39.4 Å². The fourth-order valence-electron chi connectivity index (χ4n) is 5.89. The molecule has 0 amide bonds. The van der Waals surface area contributed by atoms with Crippen LogP contribution in [-0.2, 0) is 14.3 Å². The Morgan fingerprint density at radius 1 is 1.11 bits per heavy atom. The Bertz CT molecular complexity index is 860. The van der Waals surface area contributed by atoms with Crippen LogP contribution in [0.25, 0.3) is 16.3 Å². The number of carbonyl (C=O) groups excluding carboxylic acids is 2. The molecule has 0 N–H and O–H groups in total. The van der Waals surface area contributed by atoms with Crippen molar-refractivity contribution in [3.05, 3.63) is 35.3 Å². The van der Waals surface area contributed by atoms with Gasteiger partial charge in [0.25, 0.3) is 0 Å². The maximum atomic E-state index is 12.9. The topological polar surface area (TPSA) is 56.3 Å². The highest BCUT2D eigenvalue weighted by Crippen LogP contribution is 2.60. The zero-order valence-electron chi connectivity index (χ0n) is 15.2. The lowest BCUT2D eigenvalue weighted by Gasteiger charge is -2.55. The van der Waals surface area contributed by atoms with Crippen molar-refractivity contribution in [2.45, 2.75) is 38.5 Å². The van der Waals surface area contributed by atoms with Gasteiger partial charge >= 0.3 is 5.97 Å². The maximum Gasteiger partial charge on any atom is 0.331 e. The number of aromatic nitrogens is 1. The monoisotopic (exact) mass is 381 g/mol. The lowest BCUT2D eigenvalue weighted by atomic mass is 9.48. The zero-order chi connectivity index (χ0) is 18.4. The van der Waals surface area contributed by atoms with Gasteiger partial charge in [-0.1, -0.05) is 12.1 Å². The third kappa shape index (κ3) is 3.22. The summed E-state index contributed by atoms with van der Waals surface area (Å²) in [5, 5.41) is 0.764. The van der Waals surface area contributed by atoms with Gasteiger partial charge in [0.15, 0.2) is 12.4 Å². The van der Waals surface area contributed by atoms with Gasteiger partial charge in [0.05, 0.1) is 10.2 Å². The van der Waals surface area contributed by atoms with Gasteiger partial charge < -0.3 is 4.74 Å². The molecule has 27 heavy (non-hydrogen) atoms. The fraction of sp³-hybridized carbons (Fsp3) is 0.500. The molecule has 1 aromatic heterocycles. The molecule has 0 aliphatic heterocycles.